The third kappa shape index (κ3) is 3.05. The van der Waals surface area contributed by atoms with Crippen LogP contribution >= 0.6 is 0 Å². The molecule has 0 aliphatic carbocycles. The van der Waals surface area contributed by atoms with Crippen LogP contribution in [-0.2, 0) is 9.59 Å². The quantitative estimate of drug-likeness (QED) is 0.346. The topological polar surface area (TPSA) is 149 Å². The van der Waals surface area contributed by atoms with Crippen LogP contribution in [0.4, 0.5) is 0 Å². The SMILES string of the molecule is NCCNC(=O)C1=CNC(CCN)(C(N)=O)C=N1. The van der Waals surface area contributed by atoms with Gasteiger partial charge in [0, 0.05) is 25.5 Å². The molecule has 1 aliphatic rings. The van der Waals surface area contributed by atoms with Crippen molar-refractivity contribution in [3.8, 4) is 0 Å². The second kappa shape index (κ2) is 6.12. The molecule has 1 unspecified atom stereocenters. The molecule has 0 aromatic carbocycles. The number of aliphatic imine (C=N–C) groups is 1. The molecule has 18 heavy (non-hydrogen) atoms. The maximum atomic E-state index is 11.6. The van der Waals surface area contributed by atoms with Crippen molar-refractivity contribution in [2.45, 2.75) is 12.0 Å². The molecule has 1 aliphatic heterocycles. The van der Waals surface area contributed by atoms with Crippen LogP contribution in [0, 0.1) is 0 Å². The number of hydrogen-bond donors (Lipinski definition) is 5. The lowest BCUT2D eigenvalue weighted by atomic mass is 9.95. The van der Waals surface area contributed by atoms with E-state index in [0.717, 1.165) is 0 Å². The van der Waals surface area contributed by atoms with E-state index in [-0.39, 0.29) is 18.1 Å². The first-order valence-electron chi connectivity index (χ1n) is 5.57. The van der Waals surface area contributed by atoms with Gasteiger partial charge in [0.2, 0.25) is 5.91 Å². The van der Waals surface area contributed by atoms with Crippen molar-refractivity contribution in [2.75, 3.05) is 19.6 Å². The standard InChI is InChI=1S/C10H18N6O2/c11-2-1-10(9(13)18)6-15-7(5-16-10)8(17)14-4-3-12/h5-6,16H,1-4,11-12H2,(H2,13,18)(H,14,17). The highest BCUT2D eigenvalue weighted by Gasteiger charge is 2.35. The number of primary amides is 1. The molecule has 0 fully saturated rings. The molecule has 8 heteroatoms. The molecule has 8 nitrogen and oxygen atoms in total. The largest absolute Gasteiger partial charge is 0.371 e. The van der Waals surface area contributed by atoms with Gasteiger partial charge in [-0.2, -0.15) is 0 Å². The second-order valence-corrected chi connectivity index (χ2v) is 3.85. The molecule has 2 amide bonds. The maximum Gasteiger partial charge on any atom is 0.271 e. The van der Waals surface area contributed by atoms with Crippen molar-refractivity contribution in [3.63, 3.8) is 0 Å². The molecule has 0 aromatic rings. The zero-order chi connectivity index (χ0) is 13.6. The van der Waals surface area contributed by atoms with Gasteiger partial charge in [-0.15, -0.1) is 0 Å². The smallest absolute Gasteiger partial charge is 0.271 e. The Hall–Kier alpha value is -1.93. The number of rotatable bonds is 6. The highest BCUT2D eigenvalue weighted by atomic mass is 16.2. The average Bonchev–Trinajstić information content (AvgIpc) is 2.37. The van der Waals surface area contributed by atoms with Gasteiger partial charge in [-0.3, -0.25) is 14.6 Å². The number of hydrogen-bond acceptors (Lipinski definition) is 6. The summed E-state index contributed by atoms with van der Waals surface area (Å²) < 4.78 is 0. The summed E-state index contributed by atoms with van der Waals surface area (Å²) >= 11 is 0. The monoisotopic (exact) mass is 254 g/mol. The van der Waals surface area contributed by atoms with Gasteiger partial charge in [0.25, 0.3) is 5.91 Å². The third-order valence-electron chi connectivity index (χ3n) is 2.53. The Balaban J connectivity index is 2.73. The van der Waals surface area contributed by atoms with Crippen LogP contribution in [0.1, 0.15) is 6.42 Å². The summed E-state index contributed by atoms with van der Waals surface area (Å²) in [5.74, 6) is -0.954. The van der Waals surface area contributed by atoms with Crippen molar-refractivity contribution in [1.82, 2.24) is 10.6 Å². The third-order valence-corrected chi connectivity index (χ3v) is 2.53. The fourth-order valence-electron chi connectivity index (χ4n) is 1.47. The van der Waals surface area contributed by atoms with Gasteiger partial charge in [-0.05, 0) is 13.0 Å². The first-order chi connectivity index (χ1) is 8.55. The lowest BCUT2D eigenvalue weighted by Crippen LogP contribution is -2.57. The molecule has 0 saturated heterocycles. The Morgan fingerprint density at radius 3 is 2.56 bits per heavy atom. The van der Waals surface area contributed by atoms with Crippen LogP contribution in [0.5, 0.6) is 0 Å². The summed E-state index contributed by atoms with van der Waals surface area (Å²) in [5.41, 5.74) is 15.0. The fraction of sp³-hybridized carbons (Fsp3) is 0.500. The van der Waals surface area contributed by atoms with Crippen LogP contribution in [-0.4, -0.2) is 43.2 Å². The van der Waals surface area contributed by atoms with Crippen molar-refractivity contribution in [2.24, 2.45) is 22.2 Å². The first kappa shape index (κ1) is 14.1. The highest BCUT2D eigenvalue weighted by molar-refractivity contribution is 6.05. The zero-order valence-corrected chi connectivity index (χ0v) is 9.98. The molecule has 1 heterocycles. The van der Waals surface area contributed by atoms with E-state index in [1.54, 1.807) is 0 Å². The molecule has 0 radical (unpaired) electrons. The number of nitrogens with two attached hydrogens (primary N) is 3. The van der Waals surface area contributed by atoms with Crippen molar-refractivity contribution < 1.29 is 9.59 Å². The van der Waals surface area contributed by atoms with Gasteiger partial charge in [0.05, 0.1) is 0 Å². The maximum absolute atomic E-state index is 11.6. The molecule has 8 N–H and O–H groups in total. The van der Waals surface area contributed by atoms with Crippen molar-refractivity contribution in [3.05, 3.63) is 11.9 Å². The van der Waals surface area contributed by atoms with E-state index in [1.165, 1.54) is 12.4 Å². The summed E-state index contributed by atoms with van der Waals surface area (Å²) in [6.45, 7) is 0.967. The van der Waals surface area contributed by atoms with E-state index in [9.17, 15) is 9.59 Å². The van der Waals surface area contributed by atoms with E-state index in [4.69, 9.17) is 17.2 Å². The molecule has 0 aromatic heterocycles. The Kier molecular flexibility index (Phi) is 4.81. The van der Waals surface area contributed by atoms with Crippen LogP contribution in [0.2, 0.25) is 0 Å². The van der Waals surface area contributed by atoms with Gasteiger partial charge in [0.15, 0.2) is 5.54 Å². The number of carbonyl (C=O) groups is 2. The average molecular weight is 254 g/mol. The summed E-state index contributed by atoms with van der Waals surface area (Å²) in [7, 11) is 0. The van der Waals surface area contributed by atoms with E-state index in [2.05, 4.69) is 15.6 Å². The van der Waals surface area contributed by atoms with Crippen molar-refractivity contribution in [1.29, 1.82) is 0 Å². The molecular formula is C10H18N6O2. The summed E-state index contributed by atoms with van der Waals surface area (Å²) in [4.78, 5) is 26.9. The van der Waals surface area contributed by atoms with E-state index >= 15 is 0 Å². The number of nitrogens with one attached hydrogen (secondary N) is 2. The van der Waals surface area contributed by atoms with Crippen LogP contribution in [0.15, 0.2) is 16.9 Å². The molecule has 0 bridgehead atoms. The van der Waals surface area contributed by atoms with E-state index < -0.39 is 11.4 Å². The van der Waals surface area contributed by atoms with Crippen LogP contribution in [0.3, 0.4) is 0 Å². The predicted molar refractivity (Wildman–Crippen MR) is 67.4 cm³/mol. The minimum atomic E-state index is -1.12. The minimum absolute atomic E-state index is 0.164. The number of amides is 2. The van der Waals surface area contributed by atoms with Crippen molar-refractivity contribution >= 4 is 18.0 Å². The predicted octanol–water partition coefficient (Wildman–Crippen LogP) is -2.85. The Morgan fingerprint density at radius 1 is 1.39 bits per heavy atom. The van der Waals surface area contributed by atoms with Gasteiger partial charge in [-0.1, -0.05) is 0 Å². The first-order valence-corrected chi connectivity index (χ1v) is 5.57. The van der Waals surface area contributed by atoms with E-state index in [1.807, 2.05) is 0 Å². The van der Waals surface area contributed by atoms with Gasteiger partial charge in [-0.25, -0.2) is 0 Å². The van der Waals surface area contributed by atoms with Crippen LogP contribution < -0.4 is 27.8 Å². The Morgan fingerprint density at radius 2 is 2.11 bits per heavy atom. The molecule has 1 rings (SSSR count). The molecule has 0 spiro atoms. The molecular weight excluding hydrogens is 236 g/mol. The molecule has 1 atom stereocenters. The Bertz CT molecular complexity index is 392. The van der Waals surface area contributed by atoms with Gasteiger partial charge < -0.3 is 27.8 Å². The van der Waals surface area contributed by atoms with Crippen LogP contribution in [0.25, 0.3) is 0 Å². The molecule has 0 saturated carbocycles. The number of carbonyl (C=O) groups excluding carboxylic acids is 2. The highest BCUT2D eigenvalue weighted by Crippen LogP contribution is 2.13. The minimum Gasteiger partial charge on any atom is -0.371 e. The number of nitrogens with zero attached hydrogens (tertiary/aromatic N) is 1. The van der Waals surface area contributed by atoms with Gasteiger partial charge >= 0.3 is 0 Å². The van der Waals surface area contributed by atoms with E-state index in [0.29, 0.717) is 19.5 Å². The fourth-order valence-corrected chi connectivity index (χ4v) is 1.47. The lowest BCUT2D eigenvalue weighted by Gasteiger charge is -2.29. The second-order valence-electron chi connectivity index (χ2n) is 3.85. The lowest BCUT2D eigenvalue weighted by molar-refractivity contribution is -0.122. The summed E-state index contributed by atoms with van der Waals surface area (Å²) in [5, 5.41) is 5.35. The van der Waals surface area contributed by atoms with Gasteiger partial charge in [0.1, 0.15) is 5.70 Å². The Labute approximate surface area is 105 Å². The normalized spacial score (nSPS) is 22.0. The summed E-state index contributed by atoms with van der Waals surface area (Å²) in [6, 6.07) is 0. The zero-order valence-electron chi connectivity index (χ0n) is 9.98. The summed E-state index contributed by atoms with van der Waals surface area (Å²) in [6.07, 6.45) is 2.98. The molecule has 100 valence electrons.